The highest BCUT2D eigenvalue weighted by Gasteiger charge is 1.99. The number of pyridine rings is 1. The number of carbonyl (C=O) groups is 2. The Balaban J connectivity index is 0.000000262. The molecule has 1 aromatic heterocycles. The third kappa shape index (κ3) is 6.87. The molecule has 0 unspecified atom stereocenters. The van der Waals surface area contributed by atoms with E-state index >= 15 is 0 Å². The molecular weight excluding hydrogens is 268 g/mol. The molecule has 0 spiro atoms. The largest absolute Gasteiger partial charge is 0.484 e. The van der Waals surface area contributed by atoms with Crippen molar-refractivity contribution < 1.29 is 14.3 Å². The molecule has 2 aromatic rings. The molecule has 1 heterocycles. The Morgan fingerprint density at radius 1 is 1.19 bits per heavy atom. The van der Waals surface area contributed by atoms with Crippen LogP contribution in [0.25, 0.3) is 0 Å². The van der Waals surface area contributed by atoms with Crippen molar-refractivity contribution in [2.75, 3.05) is 13.7 Å². The van der Waals surface area contributed by atoms with Crippen molar-refractivity contribution in [1.82, 2.24) is 10.3 Å². The molecule has 5 heteroatoms. The molecule has 0 atom stereocenters. The van der Waals surface area contributed by atoms with Gasteiger partial charge >= 0.3 is 0 Å². The van der Waals surface area contributed by atoms with E-state index in [4.69, 9.17) is 4.74 Å². The van der Waals surface area contributed by atoms with Crippen LogP contribution in [0.3, 0.4) is 0 Å². The zero-order valence-electron chi connectivity index (χ0n) is 12.1. The fraction of sp³-hybridized carbons (Fsp3) is 0.188. The summed E-state index contributed by atoms with van der Waals surface area (Å²) in [6.45, 7) is 2.03. The number of aromatic nitrogens is 1. The van der Waals surface area contributed by atoms with Gasteiger partial charge in [-0.3, -0.25) is 14.6 Å². The van der Waals surface area contributed by atoms with E-state index < -0.39 is 0 Å². The van der Waals surface area contributed by atoms with Crippen molar-refractivity contribution >= 4 is 12.2 Å². The van der Waals surface area contributed by atoms with Gasteiger partial charge < -0.3 is 10.1 Å². The van der Waals surface area contributed by atoms with Gasteiger partial charge in [0.25, 0.3) is 5.91 Å². The number of carbonyl (C=O) groups excluding carboxylic acids is 2. The first-order valence-electron chi connectivity index (χ1n) is 6.41. The van der Waals surface area contributed by atoms with Gasteiger partial charge in [-0.25, -0.2) is 0 Å². The van der Waals surface area contributed by atoms with Crippen LogP contribution in [0.2, 0.25) is 0 Å². The molecule has 1 aromatic carbocycles. The highest BCUT2D eigenvalue weighted by Crippen LogP contribution is 2.10. The molecule has 0 aliphatic carbocycles. The lowest BCUT2D eigenvalue weighted by atomic mass is 10.2. The molecule has 1 amide bonds. The second kappa shape index (κ2) is 9.25. The van der Waals surface area contributed by atoms with Crippen molar-refractivity contribution in [2.24, 2.45) is 0 Å². The van der Waals surface area contributed by atoms with Crippen molar-refractivity contribution in [3.63, 3.8) is 0 Å². The fourth-order valence-corrected chi connectivity index (χ4v) is 1.29. The number of aldehydes is 1. The zero-order chi connectivity index (χ0) is 15.5. The fourth-order valence-electron chi connectivity index (χ4n) is 1.29. The summed E-state index contributed by atoms with van der Waals surface area (Å²) in [7, 11) is 1.54. The maximum Gasteiger partial charge on any atom is 0.257 e. The number of nitrogens with zero attached hydrogens (tertiary/aromatic N) is 1. The standard InChI is InChI=1S/C10H11NO3.C6H7N/c1-11-10(13)7-14-9-4-2-8(6-12)3-5-9;1-6-2-4-7-5-3-6/h2-6H,7H2,1H3,(H,11,13);2-5H,1H3. The van der Waals surface area contributed by atoms with E-state index in [0.29, 0.717) is 11.3 Å². The molecule has 0 fully saturated rings. The Kier molecular flexibility index (Phi) is 7.21. The molecule has 110 valence electrons. The van der Waals surface area contributed by atoms with Crippen molar-refractivity contribution in [1.29, 1.82) is 0 Å². The van der Waals surface area contributed by atoms with Gasteiger partial charge in [0.2, 0.25) is 0 Å². The summed E-state index contributed by atoms with van der Waals surface area (Å²) >= 11 is 0. The maximum absolute atomic E-state index is 10.8. The lowest BCUT2D eigenvalue weighted by Gasteiger charge is -2.04. The summed E-state index contributed by atoms with van der Waals surface area (Å²) in [5, 5.41) is 2.44. The topological polar surface area (TPSA) is 68.3 Å². The quantitative estimate of drug-likeness (QED) is 0.873. The minimum Gasteiger partial charge on any atom is -0.484 e. The van der Waals surface area contributed by atoms with E-state index in [2.05, 4.69) is 10.3 Å². The number of benzene rings is 1. The number of likely N-dealkylation sites (N-methyl/N-ethyl adjacent to an activating group) is 1. The van der Waals surface area contributed by atoms with Gasteiger partial charge in [0, 0.05) is 25.0 Å². The third-order valence-electron chi connectivity index (χ3n) is 2.51. The van der Waals surface area contributed by atoms with Gasteiger partial charge in [0.15, 0.2) is 6.61 Å². The summed E-state index contributed by atoms with van der Waals surface area (Å²) in [5.41, 5.74) is 1.84. The lowest BCUT2D eigenvalue weighted by Crippen LogP contribution is -2.24. The SMILES string of the molecule is CNC(=O)COc1ccc(C=O)cc1.Cc1ccncc1. The Morgan fingerprint density at radius 2 is 1.81 bits per heavy atom. The van der Waals surface area contributed by atoms with Gasteiger partial charge in [-0.15, -0.1) is 0 Å². The van der Waals surface area contributed by atoms with Crippen molar-refractivity contribution in [3.05, 3.63) is 59.9 Å². The predicted molar refractivity (Wildman–Crippen MR) is 80.4 cm³/mol. The third-order valence-corrected chi connectivity index (χ3v) is 2.51. The minimum absolute atomic E-state index is 0.0169. The highest BCUT2D eigenvalue weighted by molar-refractivity contribution is 5.77. The van der Waals surface area contributed by atoms with Crippen LogP contribution in [0.15, 0.2) is 48.8 Å². The van der Waals surface area contributed by atoms with Crippen LogP contribution in [-0.2, 0) is 4.79 Å². The van der Waals surface area contributed by atoms with Crippen LogP contribution in [-0.4, -0.2) is 30.8 Å². The second-order valence-electron chi connectivity index (χ2n) is 4.17. The number of rotatable bonds is 4. The number of ether oxygens (including phenoxy) is 1. The summed E-state index contributed by atoms with van der Waals surface area (Å²) in [5.74, 6) is 0.378. The normalized spacial score (nSPS) is 9.05. The molecule has 0 saturated carbocycles. The molecule has 2 rings (SSSR count). The predicted octanol–water partition coefficient (Wildman–Crippen LogP) is 2.01. The summed E-state index contributed by atoms with van der Waals surface area (Å²) in [6.07, 6.45) is 4.33. The van der Waals surface area contributed by atoms with E-state index in [1.165, 1.54) is 5.56 Å². The molecule has 21 heavy (non-hydrogen) atoms. The first-order valence-corrected chi connectivity index (χ1v) is 6.41. The van der Waals surface area contributed by atoms with Gasteiger partial charge in [0.1, 0.15) is 12.0 Å². The first-order chi connectivity index (χ1) is 10.2. The minimum atomic E-state index is -0.190. The van der Waals surface area contributed by atoms with E-state index in [-0.39, 0.29) is 12.5 Å². The molecule has 5 nitrogen and oxygen atoms in total. The van der Waals surface area contributed by atoms with Crippen LogP contribution < -0.4 is 10.1 Å². The maximum atomic E-state index is 10.8. The Bertz CT molecular complexity index is 553. The molecule has 0 aliphatic heterocycles. The van der Waals surface area contributed by atoms with Gasteiger partial charge in [-0.05, 0) is 48.9 Å². The van der Waals surface area contributed by atoms with Crippen LogP contribution in [0, 0.1) is 6.92 Å². The monoisotopic (exact) mass is 286 g/mol. The molecule has 0 aliphatic rings. The number of hydrogen-bond donors (Lipinski definition) is 1. The number of hydrogen-bond acceptors (Lipinski definition) is 4. The van der Waals surface area contributed by atoms with E-state index in [1.807, 2.05) is 19.1 Å². The van der Waals surface area contributed by atoms with E-state index in [1.54, 1.807) is 43.7 Å². The number of nitrogens with one attached hydrogen (secondary N) is 1. The molecule has 0 saturated heterocycles. The lowest BCUT2D eigenvalue weighted by molar-refractivity contribution is -0.122. The molecular formula is C16H18N2O3. The summed E-state index contributed by atoms with van der Waals surface area (Å²) in [6, 6.07) is 10.5. The van der Waals surface area contributed by atoms with Crippen molar-refractivity contribution in [3.8, 4) is 5.75 Å². The second-order valence-corrected chi connectivity index (χ2v) is 4.17. The average Bonchev–Trinajstić information content (AvgIpc) is 2.54. The summed E-state index contributed by atoms with van der Waals surface area (Å²) < 4.78 is 5.13. The average molecular weight is 286 g/mol. The van der Waals surface area contributed by atoms with Crippen LogP contribution in [0.1, 0.15) is 15.9 Å². The smallest absolute Gasteiger partial charge is 0.257 e. The Hall–Kier alpha value is -2.69. The van der Waals surface area contributed by atoms with E-state index in [0.717, 1.165) is 6.29 Å². The Morgan fingerprint density at radius 3 is 2.24 bits per heavy atom. The van der Waals surface area contributed by atoms with Crippen LogP contribution in [0.5, 0.6) is 5.75 Å². The van der Waals surface area contributed by atoms with Crippen LogP contribution >= 0.6 is 0 Å². The number of aryl methyl sites for hydroxylation is 1. The van der Waals surface area contributed by atoms with Crippen LogP contribution in [0.4, 0.5) is 0 Å². The molecule has 1 N–H and O–H groups in total. The van der Waals surface area contributed by atoms with Gasteiger partial charge in [-0.2, -0.15) is 0 Å². The van der Waals surface area contributed by atoms with Gasteiger partial charge in [0.05, 0.1) is 0 Å². The van der Waals surface area contributed by atoms with Gasteiger partial charge in [-0.1, -0.05) is 0 Å². The first kappa shape index (κ1) is 16.4. The molecule has 0 radical (unpaired) electrons. The van der Waals surface area contributed by atoms with Crippen molar-refractivity contribution in [2.45, 2.75) is 6.92 Å². The highest BCUT2D eigenvalue weighted by atomic mass is 16.5. The van der Waals surface area contributed by atoms with E-state index in [9.17, 15) is 9.59 Å². The molecule has 0 bridgehead atoms. The number of amides is 1. The summed E-state index contributed by atoms with van der Waals surface area (Å²) in [4.78, 5) is 25.0. The zero-order valence-corrected chi connectivity index (χ0v) is 12.1. The Labute approximate surface area is 124 Å².